The summed E-state index contributed by atoms with van der Waals surface area (Å²) in [5.41, 5.74) is 0.0369. The molecule has 0 amide bonds. The number of nitrogens with zero attached hydrogens (tertiary/aromatic N) is 5. The first-order chi connectivity index (χ1) is 11.1. The number of aryl methyl sites for hydroxylation is 1. The molecule has 3 rings (SSSR count). The van der Waals surface area contributed by atoms with Crippen molar-refractivity contribution in [1.82, 2.24) is 15.2 Å². The summed E-state index contributed by atoms with van der Waals surface area (Å²) < 4.78 is 4.62. The summed E-state index contributed by atoms with van der Waals surface area (Å²) in [4.78, 5) is 21.5. The molecule has 0 saturated carbocycles. The third-order valence-electron chi connectivity index (χ3n) is 3.60. The third-order valence-corrected chi connectivity index (χ3v) is 4.86. The van der Waals surface area contributed by atoms with Crippen LogP contribution in [0, 0.1) is 6.92 Å². The molecule has 2 aromatic rings. The Balaban J connectivity index is 1.68. The van der Waals surface area contributed by atoms with E-state index in [1.165, 1.54) is 12.0 Å². The minimum absolute atomic E-state index is 0.0369. The Hall–Kier alpha value is -1.93. The lowest BCUT2D eigenvalue weighted by Crippen LogP contribution is -2.46. The molecular formula is C14H16ClN5O2S. The van der Waals surface area contributed by atoms with Crippen molar-refractivity contribution >= 4 is 39.9 Å². The van der Waals surface area contributed by atoms with Crippen LogP contribution in [-0.2, 0) is 4.74 Å². The zero-order valence-corrected chi connectivity index (χ0v) is 14.4. The van der Waals surface area contributed by atoms with Gasteiger partial charge in [-0.2, -0.15) is 0 Å². The molecule has 0 aliphatic carbocycles. The Morgan fingerprint density at radius 3 is 2.52 bits per heavy atom. The molecular weight excluding hydrogens is 338 g/mol. The van der Waals surface area contributed by atoms with Crippen molar-refractivity contribution < 1.29 is 9.53 Å². The summed E-state index contributed by atoms with van der Waals surface area (Å²) in [6, 6.07) is 1.66. The maximum atomic E-state index is 11.5. The number of thiazole rings is 1. The van der Waals surface area contributed by atoms with Crippen molar-refractivity contribution in [2.24, 2.45) is 0 Å². The van der Waals surface area contributed by atoms with Crippen LogP contribution in [0.2, 0.25) is 5.02 Å². The van der Waals surface area contributed by atoms with Crippen molar-refractivity contribution in [2.75, 3.05) is 43.1 Å². The van der Waals surface area contributed by atoms with Crippen LogP contribution in [0.4, 0.5) is 10.9 Å². The summed E-state index contributed by atoms with van der Waals surface area (Å²) in [6.07, 6.45) is 1.89. The second-order valence-corrected chi connectivity index (χ2v) is 6.74. The maximum Gasteiger partial charge on any atom is 0.360 e. The molecule has 1 aliphatic heterocycles. The molecule has 9 heteroatoms. The summed E-state index contributed by atoms with van der Waals surface area (Å²) in [6.45, 7) is 5.34. The van der Waals surface area contributed by atoms with Gasteiger partial charge >= 0.3 is 5.97 Å². The molecule has 0 N–H and O–H groups in total. The lowest BCUT2D eigenvalue weighted by atomic mass is 10.3. The van der Waals surface area contributed by atoms with Gasteiger partial charge in [0.1, 0.15) is 0 Å². The number of piperazine rings is 1. The summed E-state index contributed by atoms with van der Waals surface area (Å²) >= 11 is 7.80. The van der Waals surface area contributed by atoms with Crippen LogP contribution in [-0.4, -0.2) is 54.4 Å². The first-order valence-corrected chi connectivity index (χ1v) is 8.32. The van der Waals surface area contributed by atoms with Gasteiger partial charge in [-0.25, -0.2) is 9.78 Å². The molecule has 0 radical (unpaired) electrons. The number of anilines is 2. The van der Waals surface area contributed by atoms with Gasteiger partial charge in [0.05, 0.1) is 12.1 Å². The van der Waals surface area contributed by atoms with Gasteiger partial charge in [0, 0.05) is 43.3 Å². The number of methoxy groups -OCH3 is 1. The van der Waals surface area contributed by atoms with Crippen LogP contribution in [0.3, 0.4) is 0 Å². The van der Waals surface area contributed by atoms with Crippen LogP contribution in [0.1, 0.15) is 15.4 Å². The molecule has 122 valence electrons. The van der Waals surface area contributed by atoms with Gasteiger partial charge in [0.2, 0.25) is 0 Å². The minimum atomic E-state index is -0.585. The number of aromatic nitrogens is 3. The van der Waals surface area contributed by atoms with Crippen molar-refractivity contribution in [3.8, 4) is 0 Å². The fourth-order valence-electron chi connectivity index (χ4n) is 2.36. The fourth-order valence-corrected chi connectivity index (χ4v) is 3.39. The molecule has 3 heterocycles. The smallest absolute Gasteiger partial charge is 0.360 e. The van der Waals surface area contributed by atoms with E-state index in [9.17, 15) is 4.79 Å². The van der Waals surface area contributed by atoms with Crippen LogP contribution in [0.25, 0.3) is 0 Å². The Bertz CT molecular complexity index is 715. The standard InChI is InChI=1S/C14H16ClN5O2S/c1-9-8-16-14(23-9)20-5-3-19(4-6-20)11-7-10(15)12(18-17-11)13(21)22-2/h7-8H,3-6H2,1-2H3. The molecule has 1 fully saturated rings. The Morgan fingerprint density at radius 2 is 1.96 bits per heavy atom. The molecule has 2 aromatic heterocycles. The second-order valence-electron chi connectivity index (χ2n) is 5.12. The van der Waals surface area contributed by atoms with E-state index in [1.54, 1.807) is 17.4 Å². The third kappa shape index (κ3) is 3.37. The normalized spacial score (nSPS) is 14.9. The van der Waals surface area contributed by atoms with Crippen LogP contribution >= 0.6 is 22.9 Å². The number of hydrogen-bond donors (Lipinski definition) is 0. The van der Waals surface area contributed by atoms with Crippen LogP contribution < -0.4 is 9.80 Å². The number of carbonyl (C=O) groups excluding carboxylic acids is 1. The predicted octanol–water partition coefficient (Wildman–Crippen LogP) is 2.01. The van der Waals surface area contributed by atoms with Gasteiger partial charge in [0.25, 0.3) is 0 Å². The number of rotatable bonds is 3. The van der Waals surface area contributed by atoms with Gasteiger partial charge < -0.3 is 14.5 Å². The van der Waals surface area contributed by atoms with E-state index in [-0.39, 0.29) is 10.7 Å². The summed E-state index contributed by atoms with van der Waals surface area (Å²) in [7, 11) is 1.29. The lowest BCUT2D eigenvalue weighted by Gasteiger charge is -2.35. The highest BCUT2D eigenvalue weighted by Gasteiger charge is 2.22. The number of hydrogen-bond acceptors (Lipinski definition) is 8. The lowest BCUT2D eigenvalue weighted by molar-refractivity contribution is 0.0593. The summed E-state index contributed by atoms with van der Waals surface area (Å²) in [5, 5.41) is 9.27. The molecule has 0 unspecified atom stereocenters. The Kier molecular flexibility index (Phi) is 4.63. The van der Waals surface area contributed by atoms with E-state index in [0.29, 0.717) is 5.82 Å². The fraction of sp³-hybridized carbons (Fsp3) is 0.429. The number of halogens is 1. The van der Waals surface area contributed by atoms with Crippen molar-refractivity contribution in [1.29, 1.82) is 0 Å². The Morgan fingerprint density at radius 1 is 1.26 bits per heavy atom. The van der Waals surface area contributed by atoms with E-state index >= 15 is 0 Å². The van der Waals surface area contributed by atoms with Gasteiger partial charge in [-0.3, -0.25) is 0 Å². The SMILES string of the molecule is COC(=O)c1nnc(N2CCN(c3ncc(C)s3)CC2)cc1Cl. The molecule has 23 heavy (non-hydrogen) atoms. The molecule has 7 nitrogen and oxygen atoms in total. The second kappa shape index (κ2) is 6.67. The van der Waals surface area contributed by atoms with Crippen molar-refractivity contribution in [3.05, 3.63) is 27.9 Å². The van der Waals surface area contributed by atoms with Gasteiger partial charge in [-0.1, -0.05) is 11.6 Å². The highest BCUT2D eigenvalue weighted by atomic mass is 35.5. The molecule has 0 spiro atoms. The quantitative estimate of drug-likeness (QED) is 0.781. The van der Waals surface area contributed by atoms with Crippen molar-refractivity contribution in [3.63, 3.8) is 0 Å². The van der Waals surface area contributed by atoms with Gasteiger partial charge in [0.15, 0.2) is 16.6 Å². The average Bonchev–Trinajstić information content (AvgIpc) is 3.00. The van der Waals surface area contributed by atoms with E-state index < -0.39 is 5.97 Å². The minimum Gasteiger partial charge on any atom is -0.464 e. The number of esters is 1. The molecule has 0 aromatic carbocycles. The average molecular weight is 354 g/mol. The zero-order valence-electron chi connectivity index (χ0n) is 12.8. The number of carbonyl (C=O) groups is 1. The first-order valence-electron chi connectivity index (χ1n) is 7.12. The van der Waals surface area contributed by atoms with E-state index in [0.717, 1.165) is 31.3 Å². The molecule has 1 saturated heterocycles. The largest absolute Gasteiger partial charge is 0.464 e. The highest BCUT2D eigenvalue weighted by Crippen LogP contribution is 2.25. The van der Waals surface area contributed by atoms with E-state index in [1.807, 2.05) is 6.20 Å². The first kappa shape index (κ1) is 15.9. The van der Waals surface area contributed by atoms with E-state index in [2.05, 4.69) is 36.6 Å². The van der Waals surface area contributed by atoms with Gasteiger partial charge in [-0.05, 0) is 6.92 Å². The molecule has 0 atom stereocenters. The Labute approximate surface area is 142 Å². The van der Waals surface area contributed by atoms with Crippen molar-refractivity contribution in [2.45, 2.75) is 6.92 Å². The van der Waals surface area contributed by atoms with Gasteiger partial charge in [-0.15, -0.1) is 21.5 Å². The maximum absolute atomic E-state index is 11.5. The van der Waals surface area contributed by atoms with Crippen LogP contribution in [0.15, 0.2) is 12.3 Å². The molecule has 1 aliphatic rings. The van der Waals surface area contributed by atoms with Crippen LogP contribution in [0.5, 0.6) is 0 Å². The number of ether oxygens (including phenoxy) is 1. The molecule has 0 bridgehead atoms. The predicted molar refractivity (Wildman–Crippen MR) is 89.7 cm³/mol. The summed E-state index contributed by atoms with van der Waals surface area (Å²) in [5.74, 6) is 0.0793. The monoisotopic (exact) mass is 353 g/mol. The topological polar surface area (TPSA) is 71.5 Å². The zero-order chi connectivity index (χ0) is 16.4. The highest BCUT2D eigenvalue weighted by molar-refractivity contribution is 7.15. The van der Waals surface area contributed by atoms with E-state index in [4.69, 9.17) is 11.6 Å².